The average Bonchev–Trinajstić information content (AvgIpc) is 3.37. The first-order valence-electron chi connectivity index (χ1n) is 9.27. The fraction of sp³-hybridized carbons (Fsp3) is 0.941. The Morgan fingerprint density at radius 1 is 1.08 bits per heavy atom. The van der Waals surface area contributed by atoms with Crippen molar-refractivity contribution in [3.8, 4) is 0 Å². The Kier molecular flexibility index (Phi) is 8.29. The number of nitrogens with one attached hydrogen (secondary N) is 2. The van der Waals surface area contributed by atoms with Gasteiger partial charge in [-0.15, -0.1) is 0 Å². The zero-order valence-electron chi connectivity index (χ0n) is 15.1. The third kappa shape index (κ3) is 9.30. The van der Waals surface area contributed by atoms with Gasteiger partial charge in [0.15, 0.2) is 5.96 Å². The van der Waals surface area contributed by atoms with E-state index in [0.717, 1.165) is 50.8 Å². The summed E-state index contributed by atoms with van der Waals surface area (Å²) >= 11 is 0. The second kappa shape index (κ2) is 10.2. The molecule has 25 heavy (non-hydrogen) atoms. The fourth-order valence-corrected chi connectivity index (χ4v) is 3.08. The molecule has 0 atom stereocenters. The number of aliphatic imine (C=N–C) groups is 1. The van der Waals surface area contributed by atoms with Crippen LogP contribution in [0.1, 0.15) is 32.1 Å². The molecule has 2 fully saturated rings. The van der Waals surface area contributed by atoms with Crippen molar-refractivity contribution < 1.29 is 17.9 Å². The quantitative estimate of drug-likeness (QED) is 0.374. The van der Waals surface area contributed by atoms with Gasteiger partial charge in [0.2, 0.25) is 0 Å². The van der Waals surface area contributed by atoms with Gasteiger partial charge >= 0.3 is 6.18 Å². The zero-order chi connectivity index (χ0) is 18.1. The molecular formula is C17H31F3N4O. The number of hydrogen-bond donors (Lipinski definition) is 2. The summed E-state index contributed by atoms with van der Waals surface area (Å²) in [7, 11) is 1.73. The first-order chi connectivity index (χ1) is 12.0. The van der Waals surface area contributed by atoms with E-state index in [9.17, 15) is 13.2 Å². The lowest BCUT2D eigenvalue weighted by Crippen LogP contribution is -2.42. The number of alkyl halides is 3. The lowest BCUT2D eigenvalue weighted by molar-refractivity contribution is -0.148. The van der Waals surface area contributed by atoms with Crippen LogP contribution in [0.25, 0.3) is 0 Å². The first kappa shape index (κ1) is 20.3. The lowest BCUT2D eigenvalue weighted by Gasteiger charge is -2.32. The minimum atomic E-state index is -4.09. The van der Waals surface area contributed by atoms with Gasteiger partial charge < -0.3 is 15.4 Å². The zero-order valence-corrected chi connectivity index (χ0v) is 15.1. The minimum Gasteiger partial charge on any atom is -0.379 e. The topological polar surface area (TPSA) is 48.9 Å². The molecule has 1 saturated carbocycles. The molecule has 0 amide bonds. The lowest BCUT2D eigenvalue weighted by atomic mass is 9.93. The fourth-order valence-electron chi connectivity index (χ4n) is 3.08. The van der Waals surface area contributed by atoms with E-state index in [-0.39, 0.29) is 0 Å². The standard InChI is InChI=1S/C17H31F3N4O/c1-21-16(23-8-11-25-12-15-2-3-15)22-7-4-14-5-9-24(10-6-14)13-17(18,19)20/h14-15H,2-13H2,1H3,(H2,21,22,23). The SMILES string of the molecule is CN=C(NCCOCC1CC1)NCCC1CCN(CC(F)(F)F)CC1. The summed E-state index contributed by atoms with van der Waals surface area (Å²) in [6, 6.07) is 0. The van der Waals surface area contributed by atoms with E-state index in [2.05, 4.69) is 15.6 Å². The van der Waals surface area contributed by atoms with E-state index in [1.54, 1.807) is 7.05 Å². The third-order valence-electron chi connectivity index (χ3n) is 4.77. The molecule has 5 nitrogen and oxygen atoms in total. The van der Waals surface area contributed by atoms with Crippen LogP contribution in [0, 0.1) is 11.8 Å². The highest BCUT2D eigenvalue weighted by Gasteiger charge is 2.32. The van der Waals surface area contributed by atoms with Crippen LogP contribution in [0.15, 0.2) is 4.99 Å². The van der Waals surface area contributed by atoms with Gasteiger partial charge in [-0.3, -0.25) is 9.89 Å². The Hall–Kier alpha value is -1.02. The van der Waals surface area contributed by atoms with E-state index >= 15 is 0 Å². The molecule has 2 N–H and O–H groups in total. The van der Waals surface area contributed by atoms with Crippen LogP contribution in [-0.4, -0.2) is 70.0 Å². The van der Waals surface area contributed by atoms with E-state index < -0.39 is 12.7 Å². The highest BCUT2D eigenvalue weighted by atomic mass is 19.4. The molecule has 2 rings (SSSR count). The van der Waals surface area contributed by atoms with E-state index in [0.29, 0.717) is 25.6 Å². The normalized spacial score (nSPS) is 20.7. The number of nitrogens with zero attached hydrogens (tertiary/aromatic N) is 2. The van der Waals surface area contributed by atoms with Crippen molar-refractivity contribution in [3.63, 3.8) is 0 Å². The summed E-state index contributed by atoms with van der Waals surface area (Å²) < 4.78 is 42.7. The maximum Gasteiger partial charge on any atom is 0.401 e. The monoisotopic (exact) mass is 364 g/mol. The van der Waals surface area contributed by atoms with Crippen LogP contribution in [0.4, 0.5) is 13.2 Å². The van der Waals surface area contributed by atoms with Gasteiger partial charge in [-0.2, -0.15) is 13.2 Å². The molecule has 0 aromatic carbocycles. The number of rotatable bonds is 9. The Morgan fingerprint density at radius 3 is 2.36 bits per heavy atom. The summed E-state index contributed by atoms with van der Waals surface area (Å²) in [6.07, 6.45) is 1.13. The van der Waals surface area contributed by atoms with Crippen molar-refractivity contribution in [2.24, 2.45) is 16.8 Å². The highest BCUT2D eigenvalue weighted by Crippen LogP contribution is 2.28. The summed E-state index contributed by atoms with van der Waals surface area (Å²) in [4.78, 5) is 5.68. The average molecular weight is 364 g/mol. The summed E-state index contributed by atoms with van der Waals surface area (Å²) in [5.74, 6) is 2.02. The maximum atomic E-state index is 12.4. The van der Waals surface area contributed by atoms with Crippen molar-refractivity contribution in [1.29, 1.82) is 0 Å². The predicted molar refractivity (Wildman–Crippen MR) is 92.7 cm³/mol. The molecule has 0 aromatic rings. The van der Waals surface area contributed by atoms with Crippen molar-refractivity contribution >= 4 is 5.96 Å². The van der Waals surface area contributed by atoms with Crippen LogP contribution in [0.3, 0.4) is 0 Å². The van der Waals surface area contributed by atoms with Crippen LogP contribution < -0.4 is 10.6 Å². The van der Waals surface area contributed by atoms with Gasteiger partial charge in [0.25, 0.3) is 0 Å². The molecule has 1 heterocycles. The Balaban J connectivity index is 1.49. The Labute approximate surface area is 148 Å². The van der Waals surface area contributed by atoms with Crippen LogP contribution in [0.2, 0.25) is 0 Å². The smallest absolute Gasteiger partial charge is 0.379 e. The molecule has 1 aliphatic carbocycles. The molecule has 2 aliphatic rings. The van der Waals surface area contributed by atoms with Crippen molar-refractivity contribution in [3.05, 3.63) is 0 Å². The van der Waals surface area contributed by atoms with Gasteiger partial charge in [0, 0.05) is 26.7 Å². The van der Waals surface area contributed by atoms with Gasteiger partial charge in [-0.25, -0.2) is 0 Å². The van der Waals surface area contributed by atoms with Crippen LogP contribution >= 0.6 is 0 Å². The maximum absolute atomic E-state index is 12.4. The summed E-state index contributed by atoms with van der Waals surface area (Å²) in [6.45, 7) is 3.34. The third-order valence-corrected chi connectivity index (χ3v) is 4.77. The molecule has 0 aromatic heterocycles. The van der Waals surface area contributed by atoms with Crippen molar-refractivity contribution in [2.75, 3.05) is 53.0 Å². The van der Waals surface area contributed by atoms with Gasteiger partial charge in [0.1, 0.15) is 0 Å². The first-order valence-corrected chi connectivity index (χ1v) is 9.27. The van der Waals surface area contributed by atoms with E-state index in [1.807, 2.05) is 0 Å². The van der Waals surface area contributed by atoms with Gasteiger partial charge in [-0.1, -0.05) is 0 Å². The Bertz CT molecular complexity index is 405. The molecule has 0 spiro atoms. The number of guanidine groups is 1. The summed E-state index contributed by atoms with van der Waals surface area (Å²) in [5.41, 5.74) is 0. The molecule has 146 valence electrons. The van der Waals surface area contributed by atoms with Gasteiger partial charge in [-0.05, 0) is 57.0 Å². The number of piperidine rings is 1. The number of likely N-dealkylation sites (tertiary alicyclic amines) is 1. The van der Waals surface area contributed by atoms with Crippen LogP contribution in [-0.2, 0) is 4.74 Å². The van der Waals surface area contributed by atoms with Crippen molar-refractivity contribution in [2.45, 2.75) is 38.3 Å². The number of hydrogen-bond acceptors (Lipinski definition) is 3. The molecule has 0 radical (unpaired) electrons. The van der Waals surface area contributed by atoms with Crippen LogP contribution in [0.5, 0.6) is 0 Å². The number of ether oxygens (including phenoxy) is 1. The number of halogens is 3. The molecule has 0 bridgehead atoms. The molecular weight excluding hydrogens is 333 g/mol. The predicted octanol–water partition coefficient (Wildman–Crippen LogP) is 2.24. The molecule has 0 unspecified atom stereocenters. The van der Waals surface area contributed by atoms with Crippen molar-refractivity contribution in [1.82, 2.24) is 15.5 Å². The second-order valence-corrected chi connectivity index (χ2v) is 7.07. The largest absolute Gasteiger partial charge is 0.401 e. The highest BCUT2D eigenvalue weighted by molar-refractivity contribution is 5.79. The molecule has 1 saturated heterocycles. The second-order valence-electron chi connectivity index (χ2n) is 7.07. The van der Waals surface area contributed by atoms with E-state index in [1.165, 1.54) is 17.7 Å². The minimum absolute atomic E-state index is 0.483. The molecule has 1 aliphatic heterocycles. The van der Waals surface area contributed by atoms with Gasteiger partial charge in [0.05, 0.1) is 13.2 Å². The Morgan fingerprint density at radius 2 is 1.76 bits per heavy atom. The van der Waals surface area contributed by atoms with E-state index in [4.69, 9.17) is 4.74 Å². The summed E-state index contributed by atoms with van der Waals surface area (Å²) in [5, 5.41) is 6.48. The molecule has 8 heteroatoms.